The Morgan fingerprint density at radius 1 is 1.32 bits per heavy atom. The smallest absolute Gasteiger partial charge is 0.335 e. The number of nitrogens with one attached hydrogen (secondary N) is 1. The quantitative estimate of drug-likeness (QED) is 0.801. The molecule has 0 aliphatic rings. The van der Waals surface area contributed by atoms with Crippen molar-refractivity contribution >= 4 is 16.0 Å². The maximum Gasteiger partial charge on any atom is 0.335 e. The molecule has 0 amide bonds. The van der Waals surface area contributed by atoms with Crippen LogP contribution < -0.4 is 4.72 Å². The molecule has 0 radical (unpaired) electrons. The van der Waals surface area contributed by atoms with Crippen LogP contribution in [0.4, 0.5) is 0 Å². The first-order chi connectivity index (χ1) is 8.84. The van der Waals surface area contributed by atoms with Gasteiger partial charge in [-0.15, -0.1) is 0 Å². The molecule has 1 unspecified atom stereocenters. The van der Waals surface area contributed by atoms with Crippen LogP contribution in [0.25, 0.3) is 0 Å². The fraction of sp³-hybridized carbons (Fsp3) is 0.462. The van der Waals surface area contributed by atoms with Gasteiger partial charge in [0.15, 0.2) is 0 Å². The van der Waals surface area contributed by atoms with Gasteiger partial charge in [0.2, 0.25) is 10.0 Å². The topological polar surface area (TPSA) is 83.5 Å². The molecule has 0 saturated heterocycles. The van der Waals surface area contributed by atoms with Gasteiger partial charge in [-0.05, 0) is 23.6 Å². The van der Waals surface area contributed by atoms with Crippen molar-refractivity contribution in [2.24, 2.45) is 5.92 Å². The Bertz CT molecular complexity index is 522. The molecular weight excluding hydrogens is 266 g/mol. The summed E-state index contributed by atoms with van der Waals surface area (Å²) in [6.45, 7) is 4.02. The number of carboxylic acid groups (broad SMARTS) is 1. The van der Waals surface area contributed by atoms with Crippen LogP contribution in [0.3, 0.4) is 0 Å². The normalized spacial score (nSPS) is 13.2. The molecule has 1 atom stereocenters. The highest BCUT2D eigenvalue weighted by Gasteiger charge is 2.14. The zero-order valence-electron chi connectivity index (χ0n) is 11.1. The van der Waals surface area contributed by atoms with Crippen molar-refractivity contribution in [2.45, 2.75) is 26.8 Å². The highest BCUT2D eigenvalue weighted by Crippen LogP contribution is 2.07. The van der Waals surface area contributed by atoms with Crippen molar-refractivity contribution in [1.29, 1.82) is 0 Å². The first-order valence-electron chi connectivity index (χ1n) is 6.13. The molecule has 0 fully saturated rings. The third kappa shape index (κ3) is 5.40. The molecule has 0 aliphatic heterocycles. The van der Waals surface area contributed by atoms with Crippen molar-refractivity contribution in [3.8, 4) is 0 Å². The Hall–Kier alpha value is -1.40. The average Bonchev–Trinajstić information content (AvgIpc) is 2.36. The number of hydrogen-bond donors (Lipinski definition) is 2. The van der Waals surface area contributed by atoms with E-state index >= 15 is 0 Å². The Balaban J connectivity index is 2.59. The number of carbonyl (C=O) groups is 1. The van der Waals surface area contributed by atoms with E-state index in [1.165, 1.54) is 12.1 Å². The first-order valence-corrected chi connectivity index (χ1v) is 7.79. The van der Waals surface area contributed by atoms with Crippen molar-refractivity contribution in [2.75, 3.05) is 5.75 Å². The lowest BCUT2D eigenvalue weighted by Crippen LogP contribution is -2.28. The van der Waals surface area contributed by atoms with Gasteiger partial charge in [-0.1, -0.05) is 32.4 Å². The molecule has 6 heteroatoms. The Labute approximate surface area is 113 Å². The first kappa shape index (κ1) is 15.7. The van der Waals surface area contributed by atoms with E-state index in [0.29, 0.717) is 0 Å². The van der Waals surface area contributed by atoms with Crippen LogP contribution in [0.2, 0.25) is 0 Å². The van der Waals surface area contributed by atoms with Crippen LogP contribution in [0, 0.1) is 5.92 Å². The van der Waals surface area contributed by atoms with E-state index in [1.54, 1.807) is 12.1 Å². The predicted octanol–water partition coefficient (Wildman–Crippen LogP) is 1.85. The lowest BCUT2D eigenvalue weighted by atomic mass is 10.1. The Morgan fingerprint density at radius 3 is 2.37 bits per heavy atom. The van der Waals surface area contributed by atoms with Crippen molar-refractivity contribution in [1.82, 2.24) is 4.72 Å². The standard InChI is InChI=1S/C13H19NO4S/c1-3-10(2)9-19(17,18)14-8-11-4-6-12(7-5-11)13(15)16/h4-7,10,14H,3,8-9H2,1-2H3,(H,15,16). The van der Waals surface area contributed by atoms with E-state index in [1.807, 2.05) is 13.8 Å². The Morgan fingerprint density at radius 2 is 1.89 bits per heavy atom. The summed E-state index contributed by atoms with van der Waals surface area (Å²) in [4.78, 5) is 10.7. The van der Waals surface area contributed by atoms with Crippen LogP contribution in [0.1, 0.15) is 36.2 Å². The molecule has 0 bridgehead atoms. The van der Waals surface area contributed by atoms with Crippen molar-refractivity contribution in [3.63, 3.8) is 0 Å². The average molecular weight is 285 g/mol. The number of rotatable bonds is 7. The summed E-state index contributed by atoms with van der Waals surface area (Å²) in [7, 11) is -3.28. The second-order valence-electron chi connectivity index (χ2n) is 4.62. The fourth-order valence-electron chi connectivity index (χ4n) is 1.51. The molecule has 1 aromatic carbocycles. The van der Waals surface area contributed by atoms with Gasteiger partial charge in [0.25, 0.3) is 0 Å². The molecule has 0 aliphatic carbocycles. The van der Waals surface area contributed by atoms with Crippen LogP contribution >= 0.6 is 0 Å². The molecular formula is C13H19NO4S. The van der Waals surface area contributed by atoms with Gasteiger partial charge in [-0.25, -0.2) is 17.9 Å². The molecule has 5 nitrogen and oxygen atoms in total. The van der Waals surface area contributed by atoms with E-state index in [0.717, 1.165) is 12.0 Å². The van der Waals surface area contributed by atoms with Gasteiger partial charge in [-0.3, -0.25) is 0 Å². The van der Waals surface area contributed by atoms with E-state index < -0.39 is 16.0 Å². The van der Waals surface area contributed by atoms with E-state index in [-0.39, 0.29) is 23.8 Å². The Kier molecular flexibility index (Phi) is 5.50. The summed E-state index contributed by atoms with van der Waals surface area (Å²) in [5.41, 5.74) is 0.920. The predicted molar refractivity (Wildman–Crippen MR) is 73.5 cm³/mol. The van der Waals surface area contributed by atoms with E-state index in [4.69, 9.17) is 5.11 Å². The van der Waals surface area contributed by atoms with Crippen LogP contribution in [-0.2, 0) is 16.6 Å². The van der Waals surface area contributed by atoms with Gasteiger partial charge in [0.1, 0.15) is 0 Å². The molecule has 0 saturated carbocycles. The number of sulfonamides is 1. The minimum Gasteiger partial charge on any atom is -0.478 e. The second-order valence-corrected chi connectivity index (χ2v) is 6.47. The molecule has 1 aromatic rings. The second kappa shape index (κ2) is 6.68. The molecule has 0 spiro atoms. The lowest BCUT2D eigenvalue weighted by Gasteiger charge is -2.10. The fourth-order valence-corrected chi connectivity index (χ4v) is 3.00. The largest absolute Gasteiger partial charge is 0.478 e. The van der Waals surface area contributed by atoms with Crippen molar-refractivity contribution < 1.29 is 18.3 Å². The summed E-state index contributed by atoms with van der Waals surface area (Å²) in [5, 5.41) is 8.75. The third-order valence-corrected chi connectivity index (χ3v) is 4.49. The molecule has 0 heterocycles. The third-order valence-electron chi connectivity index (χ3n) is 2.90. The summed E-state index contributed by atoms with van der Waals surface area (Å²) >= 11 is 0. The highest BCUT2D eigenvalue weighted by atomic mass is 32.2. The summed E-state index contributed by atoms with van der Waals surface area (Å²) in [6.07, 6.45) is 0.814. The van der Waals surface area contributed by atoms with E-state index in [9.17, 15) is 13.2 Å². The van der Waals surface area contributed by atoms with Gasteiger partial charge >= 0.3 is 5.97 Å². The maximum absolute atomic E-state index is 11.7. The number of aromatic carboxylic acids is 1. The zero-order chi connectivity index (χ0) is 14.5. The molecule has 106 valence electrons. The van der Waals surface area contributed by atoms with Gasteiger partial charge < -0.3 is 5.11 Å². The van der Waals surface area contributed by atoms with Gasteiger partial charge in [0.05, 0.1) is 11.3 Å². The monoisotopic (exact) mass is 285 g/mol. The summed E-state index contributed by atoms with van der Waals surface area (Å²) < 4.78 is 26.0. The van der Waals surface area contributed by atoms with Gasteiger partial charge in [0, 0.05) is 6.54 Å². The van der Waals surface area contributed by atoms with Crippen LogP contribution in [0.5, 0.6) is 0 Å². The summed E-state index contributed by atoms with van der Waals surface area (Å²) in [6, 6.07) is 6.13. The zero-order valence-corrected chi connectivity index (χ0v) is 11.9. The molecule has 0 aromatic heterocycles. The molecule has 19 heavy (non-hydrogen) atoms. The summed E-state index contributed by atoms with van der Waals surface area (Å²) in [5.74, 6) is -0.771. The number of hydrogen-bond acceptors (Lipinski definition) is 3. The van der Waals surface area contributed by atoms with Crippen molar-refractivity contribution in [3.05, 3.63) is 35.4 Å². The minimum absolute atomic E-state index is 0.108. The van der Waals surface area contributed by atoms with E-state index in [2.05, 4.69) is 4.72 Å². The van der Waals surface area contributed by atoms with Crippen LogP contribution in [0.15, 0.2) is 24.3 Å². The number of carboxylic acids is 1. The maximum atomic E-state index is 11.7. The van der Waals surface area contributed by atoms with Crippen LogP contribution in [-0.4, -0.2) is 25.2 Å². The molecule has 2 N–H and O–H groups in total. The SMILES string of the molecule is CCC(C)CS(=O)(=O)NCc1ccc(C(=O)O)cc1. The lowest BCUT2D eigenvalue weighted by molar-refractivity contribution is 0.0697. The van der Waals surface area contributed by atoms with Gasteiger partial charge in [-0.2, -0.15) is 0 Å². The highest BCUT2D eigenvalue weighted by molar-refractivity contribution is 7.89. The number of benzene rings is 1. The molecule has 1 rings (SSSR count). The minimum atomic E-state index is -3.28.